The Morgan fingerprint density at radius 3 is 2.10 bits per heavy atom. The molecule has 0 spiro atoms. The Morgan fingerprint density at radius 1 is 0.850 bits per heavy atom. The van der Waals surface area contributed by atoms with Crippen LogP contribution in [0.1, 0.15) is 17.2 Å². The van der Waals surface area contributed by atoms with Crippen LogP contribution in [0.4, 0.5) is 0 Å². The second kappa shape index (κ2) is 6.40. The van der Waals surface area contributed by atoms with Gasteiger partial charge in [-0.3, -0.25) is 0 Å². The molecule has 0 bridgehead atoms. The maximum atomic E-state index is 6.04. The minimum Gasteiger partial charge on any atom is -0.337 e. The van der Waals surface area contributed by atoms with Gasteiger partial charge in [-0.15, -0.1) is 0 Å². The molecule has 3 rings (SSSR count). The number of nitrogens with two attached hydrogens (primary N) is 1. The Hall–Kier alpha value is -1.35. The lowest BCUT2D eigenvalue weighted by Crippen LogP contribution is -3.20. The summed E-state index contributed by atoms with van der Waals surface area (Å²) in [6.07, 6.45) is 0. The number of benzene rings is 2. The van der Waals surface area contributed by atoms with Crippen LogP contribution >= 0.6 is 11.6 Å². The predicted octanol–water partition coefficient (Wildman–Crippen LogP) is 0.891. The summed E-state index contributed by atoms with van der Waals surface area (Å²) in [6, 6.07) is 19.6. The fourth-order valence-electron chi connectivity index (χ4n) is 3.10. The fraction of sp³-hybridized carbons (Fsp3) is 0.294. The highest BCUT2D eigenvalue weighted by Gasteiger charge is 2.28. The average molecular weight is 289 g/mol. The van der Waals surface area contributed by atoms with E-state index in [4.69, 9.17) is 11.6 Å². The van der Waals surface area contributed by atoms with Gasteiger partial charge < -0.3 is 10.2 Å². The molecule has 0 aromatic heterocycles. The van der Waals surface area contributed by atoms with Crippen LogP contribution in [0.2, 0.25) is 5.02 Å². The third kappa shape index (κ3) is 3.04. The normalized spacial score (nSPS) is 17.9. The molecule has 2 nitrogen and oxygen atoms in total. The average Bonchev–Trinajstić information content (AvgIpc) is 2.52. The van der Waals surface area contributed by atoms with Crippen LogP contribution in [0.15, 0.2) is 54.6 Å². The quantitative estimate of drug-likeness (QED) is 0.837. The van der Waals surface area contributed by atoms with E-state index in [9.17, 15) is 0 Å². The van der Waals surface area contributed by atoms with Crippen LogP contribution < -0.4 is 10.2 Å². The second-order valence-corrected chi connectivity index (χ2v) is 5.86. The van der Waals surface area contributed by atoms with Gasteiger partial charge >= 0.3 is 0 Å². The summed E-state index contributed by atoms with van der Waals surface area (Å²) in [4.78, 5) is 1.65. The first-order valence-corrected chi connectivity index (χ1v) is 7.69. The third-order valence-electron chi connectivity index (χ3n) is 4.08. The first-order chi connectivity index (χ1) is 9.84. The summed E-state index contributed by atoms with van der Waals surface area (Å²) in [5.41, 5.74) is 2.75. The molecular weight excluding hydrogens is 268 g/mol. The summed E-state index contributed by atoms with van der Waals surface area (Å²) in [5, 5.41) is 3.22. The minimum absolute atomic E-state index is 0.419. The van der Waals surface area contributed by atoms with Gasteiger partial charge in [0.2, 0.25) is 0 Å². The van der Waals surface area contributed by atoms with Crippen molar-refractivity contribution >= 4 is 11.6 Å². The van der Waals surface area contributed by atoms with E-state index in [1.54, 1.807) is 4.90 Å². The molecule has 2 aromatic rings. The van der Waals surface area contributed by atoms with E-state index in [0.717, 1.165) is 5.02 Å². The van der Waals surface area contributed by atoms with Gasteiger partial charge in [0.15, 0.2) is 0 Å². The van der Waals surface area contributed by atoms with Crippen LogP contribution in [0.25, 0.3) is 0 Å². The van der Waals surface area contributed by atoms with Gasteiger partial charge in [-0.1, -0.05) is 54.1 Å². The van der Waals surface area contributed by atoms with Gasteiger partial charge in [-0.2, -0.15) is 0 Å². The summed E-state index contributed by atoms with van der Waals surface area (Å²) in [6.45, 7) is 4.85. The molecule has 2 aromatic carbocycles. The zero-order valence-corrected chi connectivity index (χ0v) is 12.3. The molecule has 1 aliphatic heterocycles. The van der Waals surface area contributed by atoms with E-state index in [1.165, 1.54) is 37.3 Å². The van der Waals surface area contributed by atoms with E-state index in [1.807, 2.05) is 12.1 Å². The number of piperazine rings is 1. The van der Waals surface area contributed by atoms with E-state index in [-0.39, 0.29) is 0 Å². The van der Waals surface area contributed by atoms with Crippen LogP contribution in [0.3, 0.4) is 0 Å². The lowest BCUT2D eigenvalue weighted by molar-refractivity contribution is -0.967. The molecule has 0 aliphatic carbocycles. The Morgan fingerprint density at radius 2 is 1.45 bits per heavy atom. The van der Waals surface area contributed by atoms with Crippen molar-refractivity contribution in [3.63, 3.8) is 0 Å². The maximum absolute atomic E-state index is 6.04. The second-order valence-electron chi connectivity index (χ2n) is 5.42. The van der Waals surface area contributed by atoms with Crippen molar-refractivity contribution in [2.75, 3.05) is 26.2 Å². The molecule has 1 fully saturated rings. The Bertz CT molecular complexity index is 533. The number of quaternary nitrogens is 2. The number of hydrogen-bond acceptors (Lipinski definition) is 0. The van der Waals surface area contributed by atoms with Crippen molar-refractivity contribution in [2.24, 2.45) is 0 Å². The van der Waals surface area contributed by atoms with Gasteiger partial charge in [-0.05, 0) is 12.1 Å². The Labute approximate surface area is 125 Å². The molecule has 3 heteroatoms. The molecule has 104 valence electrons. The van der Waals surface area contributed by atoms with Crippen LogP contribution in [-0.2, 0) is 0 Å². The monoisotopic (exact) mass is 288 g/mol. The third-order valence-corrected chi connectivity index (χ3v) is 4.34. The first-order valence-electron chi connectivity index (χ1n) is 7.31. The Kier molecular flexibility index (Phi) is 4.36. The standard InChI is InChI=1S/C17H19ClN2/c18-16-8-6-15(7-9-16)17(14-4-2-1-3-5-14)20-12-10-19-11-13-20/h1-9,17,19H,10-13H2/p+2. The number of rotatable bonds is 3. The van der Waals surface area contributed by atoms with Crippen molar-refractivity contribution in [1.29, 1.82) is 0 Å². The van der Waals surface area contributed by atoms with Crippen molar-refractivity contribution in [1.82, 2.24) is 0 Å². The summed E-state index contributed by atoms with van der Waals surface area (Å²) in [7, 11) is 0. The largest absolute Gasteiger partial charge is 0.337 e. The van der Waals surface area contributed by atoms with Gasteiger partial charge in [0.1, 0.15) is 32.2 Å². The van der Waals surface area contributed by atoms with Gasteiger partial charge in [-0.25, -0.2) is 0 Å². The number of halogens is 1. The Balaban J connectivity index is 1.96. The fourth-order valence-corrected chi connectivity index (χ4v) is 3.22. The van der Waals surface area contributed by atoms with Gasteiger partial charge in [0.25, 0.3) is 0 Å². The number of nitrogens with one attached hydrogen (secondary N) is 1. The minimum atomic E-state index is 0.419. The maximum Gasteiger partial charge on any atom is 0.139 e. The van der Waals surface area contributed by atoms with Crippen molar-refractivity contribution < 1.29 is 10.2 Å². The van der Waals surface area contributed by atoms with Crippen molar-refractivity contribution in [3.8, 4) is 0 Å². The SMILES string of the molecule is Clc1ccc(C(c2ccccc2)[NH+]2CC[NH2+]CC2)cc1. The number of hydrogen-bond donors (Lipinski definition) is 2. The van der Waals surface area contributed by atoms with E-state index >= 15 is 0 Å². The molecule has 0 radical (unpaired) electrons. The van der Waals surface area contributed by atoms with Crippen LogP contribution in [0, 0.1) is 0 Å². The molecule has 1 aliphatic rings. The lowest BCUT2D eigenvalue weighted by Gasteiger charge is -2.31. The first kappa shape index (κ1) is 13.6. The van der Waals surface area contributed by atoms with Crippen molar-refractivity contribution in [2.45, 2.75) is 6.04 Å². The summed E-state index contributed by atoms with van der Waals surface area (Å²) < 4.78 is 0. The highest BCUT2D eigenvalue weighted by atomic mass is 35.5. The van der Waals surface area contributed by atoms with Crippen LogP contribution in [0.5, 0.6) is 0 Å². The van der Waals surface area contributed by atoms with E-state index < -0.39 is 0 Å². The zero-order valence-electron chi connectivity index (χ0n) is 11.6. The highest BCUT2D eigenvalue weighted by molar-refractivity contribution is 6.30. The smallest absolute Gasteiger partial charge is 0.139 e. The van der Waals surface area contributed by atoms with E-state index in [2.05, 4.69) is 47.8 Å². The lowest BCUT2D eigenvalue weighted by atomic mass is 9.96. The topological polar surface area (TPSA) is 21.1 Å². The van der Waals surface area contributed by atoms with Crippen LogP contribution in [-0.4, -0.2) is 26.2 Å². The van der Waals surface area contributed by atoms with Gasteiger partial charge in [0.05, 0.1) is 0 Å². The predicted molar refractivity (Wildman–Crippen MR) is 82.1 cm³/mol. The van der Waals surface area contributed by atoms with Gasteiger partial charge in [0, 0.05) is 16.1 Å². The zero-order chi connectivity index (χ0) is 13.8. The highest BCUT2D eigenvalue weighted by Crippen LogP contribution is 2.21. The molecule has 20 heavy (non-hydrogen) atoms. The molecule has 1 saturated heterocycles. The van der Waals surface area contributed by atoms with Crippen molar-refractivity contribution in [3.05, 3.63) is 70.7 Å². The molecule has 0 saturated carbocycles. The summed E-state index contributed by atoms with van der Waals surface area (Å²) >= 11 is 6.04. The molecular formula is C17H21ClN2+2. The molecule has 1 heterocycles. The molecule has 1 unspecified atom stereocenters. The molecule has 3 N–H and O–H groups in total. The summed E-state index contributed by atoms with van der Waals surface area (Å²) in [5.74, 6) is 0. The van der Waals surface area contributed by atoms with E-state index in [0.29, 0.717) is 6.04 Å². The molecule has 0 amide bonds. The molecule has 1 atom stereocenters.